The Labute approximate surface area is 81.9 Å². The average Bonchev–Trinajstić information content (AvgIpc) is 2.13. The molecule has 1 N–H and O–H groups in total. The number of hydrogen-bond donors (Lipinski definition) is 1. The average molecular weight is 270 g/mol. The lowest BCUT2D eigenvalue weighted by atomic mass is 10.4. The van der Waals surface area contributed by atoms with Gasteiger partial charge in [0.15, 0.2) is 0 Å². The van der Waals surface area contributed by atoms with Gasteiger partial charge in [0.25, 0.3) is 0 Å². The molecule has 3 nitrogen and oxygen atoms in total. The summed E-state index contributed by atoms with van der Waals surface area (Å²) in [6, 6.07) is 0. The Bertz CT molecular complexity index is 121. The molecule has 1 aliphatic heterocycles. The standard InChI is InChI=1S/C7H15IN2O/c1-7(11)9-3-2-4-10(8)6-5-9/h7,11H,2-6H2,1H3. The molecule has 1 atom stereocenters. The second kappa shape index (κ2) is 4.59. The highest BCUT2D eigenvalue weighted by Crippen LogP contribution is 2.08. The van der Waals surface area contributed by atoms with Gasteiger partial charge in [0.2, 0.25) is 0 Å². The second-order valence-corrected chi connectivity index (χ2v) is 4.30. The van der Waals surface area contributed by atoms with Crippen LogP contribution >= 0.6 is 22.9 Å². The first kappa shape index (κ1) is 9.70. The molecule has 0 aromatic carbocycles. The summed E-state index contributed by atoms with van der Waals surface area (Å²) in [5.41, 5.74) is 0. The molecule has 1 aliphatic rings. The number of nitrogens with zero attached hydrogens (tertiary/aromatic N) is 2. The van der Waals surface area contributed by atoms with E-state index in [-0.39, 0.29) is 6.23 Å². The fourth-order valence-corrected chi connectivity index (χ4v) is 1.84. The molecule has 0 saturated carbocycles. The number of aliphatic hydroxyl groups excluding tert-OH is 1. The maximum absolute atomic E-state index is 9.29. The minimum Gasteiger partial charge on any atom is -0.379 e. The van der Waals surface area contributed by atoms with Crippen LogP contribution in [0.15, 0.2) is 0 Å². The summed E-state index contributed by atoms with van der Waals surface area (Å²) in [6.45, 7) is 6.05. The predicted octanol–water partition coefficient (Wildman–Crippen LogP) is 0.682. The topological polar surface area (TPSA) is 26.7 Å². The van der Waals surface area contributed by atoms with E-state index in [4.69, 9.17) is 0 Å². The van der Waals surface area contributed by atoms with Gasteiger partial charge in [0.05, 0.1) is 0 Å². The molecule has 0 aromatic rings. The zero-order valence-electron chi connectivity index (χ0n) is 6.83. The summed E-state index contributed by atoms with van der Waals surface area (Å²) in [4.78, 5) is 2.11. The van der Waals surface area contributed by atoms with E-state index in [1.54, 1.807) is 0 Å². The van der Waals surface area contributed by atoms with Gasteiger partial charge in [0.1, 0.15) is 6.23 Å². The number of halogens is 1. The van der Waals surface area contributed by atoms with Crippen LogP contribution in [0.25, 0.3) is 0 Å². The molecule has 1 saturated heterocycles. The Morgan fingerprint density at radius 3 is 2.64 bits per heavy atom. The second-order valence-electron chi connectivity index (χ2n) is 2.93. The molecule has 1 rings (SSSR count). The van der Waals surface area contributed by atoms with E-state index in [1.165, 1.54) is 0 Å². The Kier molecular flexibility index (Phi) is 4.05. The van der Waals surface area contributed by atoms with Gasteiger partial charge in [-0.2, -0.15) is 0 Å². The molecule has 66 valence electrons. The number of hydrogen-bond acceptors (Lipinski definition) is 3. The molecule has 1 heterocycles. The lowest BCUT2D eigenvalue weighted by Crippen LogP contribution is -2.35. The van der Waals surface area contributed by atoms with E-state index in [2.05, 4.69) is 30.9 Å². The summed E-state index contributed by atoms with van der Waals surface area (Å²) >= 11 is 2.34. The minimum absolute atomic E-state index is 0.280. The molecule has 0 amide bonds. The lowest BCUT2D eigenvalue weighted by Gasteiger charge is -2.22. The summed E-state index contributed by atoms with van der Waals surface area (Å²) in [5.74, 6) is 0. The quantitative estimate of drug-likeness (QED) is 0.561. The molecule has 1 fully saturated rings. The number of rotatable bonds is 1. The first-order chi connectivity index (χ1) is 5.20. The van der Waals surface area contributed by atoms with E-state index in [1.807, 2.05) is 6.92 Å². The smallest absolute Gasteiger partial charge is 0.104 e. The zero-order valence-corrected chi connectivity index (χ0v) is 8.99. The SMILES string of the molecule is CC(O)N1CCCN(I)CC1. The van der Waals surface area contributed by atoms with Crippen molar-refractivity contribution in [2.75, 3.05) is 26.2 Å². The van der Waals surface area contributed by atoms with Crippen molar-refractivity contribution in [3.8, 4) is 0 Å². The molecule has 0 bridgehead atoms. The van der Waals surface area contributed by atoms with Gasteiger partial charge in [-0.05, 0) is 13.3 Å². The highest BCUT2D eigenvalue weighted by Gasteiger charge is 2.15. The van der Waals surface area contributed by atoms with Crippen molar-refractivity contribution in [2.45, 2.75) is 19.6 Å². The molecule has 11 heavy (non-hydrogen) atoms. The summed E-state index contributed by atoms with van der Waals surface area (Å²) in [6.07, 6.45) is 0.881. The van der Waals surface area contributed by atoms with Gasteiger partial charge in [-0.25, -0.2) is 3.11 Å². The van der Waals surface area contributed by atoms with Crippen LogP contribution in [-0.2, 0) is 0 Å². The third-order valence-corrected chi connectivity index (χ3v) is 2.97. The van der Waals surface area contributed by atoms with Gasteiger partial charge in [-0.1, -0.05) is 0 Å². The van der Waals surface area contributed by atoms with Crippen LogP contribution in [0.5, 0.6) is 0 Å². The van der Waals surface area contributed by atoms with E-state index < -0.39 is 0 Å². The normalized spacial score (nSPS) is 26.5. The fraction of sp³-hybridized carbons (Fsp3) is 1.00. The van der Waals surface area contributed by atoms with Crippen molar-refractivity contribution in [1.82, 2.24) is 8.01 Å². The van der Waals surface area contributed by atoms with Crippen LogP contribution in [0, 0.1) is 0 Å². The van der Waals surface area contributed by atoms with Crippen molar-refractivity contribution < 1.29 is 5.11 Å². The molecule has 0 aromatic heterocycles. The number of aliphatic hydroxyl groups is 1. The minimum atomic E-state index is -0.280. The molecule has 0 spiro atoms. The van der Waals surface area contributed by atoms with E-state index in [0.717, 1.165) is 32.6 Å². The Balaban J connectivity index is 2.34. The summed E-state index contributed by atoms with van der Waals surface area (Å²) < 4.78 is 2.28. The monoisotopic (exact) mass is 270 g/mol. The third kappa shape index (κ3) is 3.23. The van der Waals surface area contributed by atoms with Crippen molar-refractivity contribution in [2.24, 2.45) is 0 Å². The van der Waals surface area contributed by atoms with E-state index in [0.29, 0.717) is 0 Å². The first-order valence-electron chi connectivity index (χ1n) is 4.03. The van der Waals surface area contributed by atoms with E-state index in [9.17, 15) is 5.11 Å². The Morgan fingerprint density at radius 2 is 2.00 bits per heavy atom. The maximum atomic E-state index is 9.29. The van der Waals surface area contributed by atoms with Crippen LogP contribution in [0.2, 0.25) is 0 Å². The van der Waals surface area contributed by atoms with Crippen LogP contribution in [0.1, 0.15) is 13.3 Å². The van der Waals surface area contributed by atoms with Crippen LogP contribution in [0.3, 0.4) is 0 Å². The first-order valence-corrected chi connectivity index (χ1v) is 4.99. The van der Waals surface area contributed by atoms with Crippen LogP contribution in [-0.4, -0.2) is 45.5 Å². The van der Waals surface area contributed by atoms with Crippen molar-refractivity contribution in [3.63, 3.8) is 0 Å². The molecule has 0 aliphatic carbocycles. The third-order valence-electron chi connectivity index (χ3n) is 2.00. The van der Waals surface area contributed by atoms with Gasteiger partial charge in [-0.15, -0.1) is 0 Å². The predicted molar refractivity (Wildman–Crippen MR) is 53.5 cm³/mol. The van der Waals surface area contributed by atoms with Gasteiger partial charge >= 0.3 is 0 Å². The summed E-state index contributed by atoms with van der Waals surface area (Å²) in [5, 5.41) is 9.29. The highest BCUT2D eigenvalue weighted by molar-refractivity contribution is 14.1. The Hall–Kier alpha value is 0.610. The van der Waals surface area contributed by atoms with Gasteiger partial charge in [-0.3, -0.25) is 4.90 Å². The molecule has 1 unspecified atom stereocenters. The van der Waals surface area contributed by atoms with E-state index >= 15 is 0 Å². The molecular weight excluding hydrogens is 255 g/mol. The van der Waals surface area contributed by atoms with Crippen molar-refractivity contribution in [1.29, 1.82) is 0 Å². The molecule has 0 radical (unpaired) electrons. The van der Waals surface area contributed by atoms with Gasteiger partial charge in [0, 0.05) is 49.0 Å². The fourth-order valence-electron chi connectivity index (χ4n) is 1.28. The van der Waals surface area contributed by atoms with Crippen LogP contribution in [0.4, 0.5) is 0 Å². The lowest BCUT2D eigenvalue weighted by molar-refractivity contribution is 0.0230. The van der Waals surface area contributed by atoms with Crippen LogP contribution < -0.4 is 0 Å². The highest BCUT2D eigenvalue weighted by atomic mass is 127. The molecule has 4 heteroatoms. The van der Waals surface area contributed by atoms with Crippen molar-refractivity contribution >= 4 is 22.9 Å². The molecular formula is C7H15IN2O. The Morgan fingerprint density at radius 1 is 1.27 bits per heavy atom. The largest absolute Gasteiger partial charge is 0.379 e. The van der Waals surface area contributed by atoms with Gasteiger partial charge < -0.3 is 5.11 Å². The zero-order chi connectivity index (χ0) is 8.27. The van der Waals surface area contributed by atoms with Crippen molar-refractivity contribution in [3.05, 3.63) is 0 Å². The maximum Gasteiger partial charge on any atom is 0.104 e. The summed E-state index contributed by atoms with van der Waals surface area (Å²) in [7, 11) is 0.